The summed E-state index contributed by atoms with van der Waals surface area (Å²) < 4.78 is 56.1. The number of halogens is 5. The molecule has 0 spiro atoms. The maximum absolute atomic E-state index is 14.2. The topological polar surface area (TPSA) is 67.1 Å². The van der Waals surface area contributed by atoms with Crippen molar-refractivity contribution in [2.45, 2.75) is 38.8 Å². The Morgan fingerprint density at radius 2 is 1.77 bits per heavy atom. The lowest BCUT2D eigenvalue weighted by atomic mass is 9.53. The van der Waals surface area contributed by atoms with Gasteiger partial charge in [-0.05, 0) is 91.8 Å². The second-order valence-corrected chi connectivity index (χ2v) is 11.2. The average Bonchev–Trinajstić information content (AvgIpc) is 2.90. The normalized spacial score (nSPS) is 26.7. The third-order valence-corrected chi connectivity index (χ3v) is 8.65. The van der Waals surface area contributed by atoms with E-state index in [0.717, 1.165) is 28.1 Å². The summed E-state index contributed by atoms with van der Waals surface area (Å²) in [4.78, 5) is 13.5. The van der Waals surface area contributed by atoms with Gasteiger partial charge in [-0.1, -0.05) is 35.7 Å². The summed E-state index contributed by atoms with van der Waals surface area (Å²) in [6.07, 6.45) is 0.505. The van der Waals surface area contributed by atoms with Crippen LogP contribution in [0.25, 0.3) is 0 Å². The van der Waals surface area contributed by atoms with Crippen LogP contribution in [0, 0.1) is 29.0 Å². The van der Waals surface area contributed by atoms with Crippen molar-refractivity contribution in [2.24, 2.45) is 28.9 Å². The van der Waals surface area contributed by atoms with E-state index in [2.05, 4.69) is 10.6 Å². The Hall–Kier alpha value is -3.10. The average molecular weight is 560 g/mol. The molecule has 0 heterocycles. The SMILES string of the molecule is C[C@]12CC(CN)=C(Nc3ccc(F)cc3)C=C1CCC1C2=CC[C@@H](C(F)(F)F)C1C(=O)Nc1ccc(Cl)cc1. The predicted molar refractivity (Wildman–Crippen MR) is 145 cm³/mol. The Labute approximate surface area is 230 Å². The summed E-state index contributed by atoms with van der Waals surface area (Å²) in [5.74, 6) is -4.53. The van der Waals surface area contributed by atoms with Gasteiger partial charge in [0.1, 0.15) is 5.82 Å². The highest BCUT2D eigenvalue weighted by Crippen LogP contribution is 2.59. The van der Waals surface area contributed by atoms with Gasteiger partial charge in [0, 0.05) is 34.1 Å². The Bertz CT molecular complexity index is 1350. The van der Waals surface area contributed by atoms with Gasteiger partial charge in [-0.2, -0.15) is 13.2 Å². The number of allylic oxidation sites excluding steroid dienone is 4. The number of nitrogens with one attached hydrogen (secondary N) is 2. The van der Waals surface area contributed by atoms with Crippen molar-refractivity contribution in [3.63, 3.8) is 0 Å². The molecule has 0 radical (unpaired) electrons. The number of carbonyl (C=O) groups excluding carboxylic acids is 1. The molecule has 3 aliphatic rings. The monoisotopic (exact) mass is 559 g/mol. The zero-order valence-corrected chi connectivity index (χ0v) is 22.2. The van der Waals surface area contributed by atoms with Crippen LogP contribution < -0.4 is 16.4 Å². The maximum Gasteiger partial charge on any atom is 0.392 e. The smallest absolute Gasteiger partial charge is 0.356 e. The van der Waals surface area contributed by atoms with E-state index >= 15 is 0 Å². The zero-order chi connectivity index (χ0) is 27.9. The first-order valence-electron chi connectivity index (χ1n) is 13.0. The number of amides is 1. The Balaban J connectivity index is 1.46. The lowest BCUT2D eigenvalue weighted by Crippen LogP contribution is -2.49. The second-order valence-electron chi connectivity index (χ2n) is 10.7. The Morgan fingerprint density at radius 1 is 1.10 bits per heavy atom. The van der Waals surface area contributed by atoms with Crippen LogP contribution in [0.3, 0.4) is 0 Å². The molecule has 3 aliphatic carbocycles. The summed E-state index contributed by atoms with van der Waals surface area (Å²) in [5.41, 5.74) is 10.5. The fourth-order valence-corrected chi connectivity index (χ4v) is 6.60. The van der Waals surface area contributed by atoms with Crippen molar-refractivity contribution in [3.8, 4) is 0 Å². The number of hydrogen-bond acceptors (Lipinski definition) is 3. The Morgan fingerprint density at radius 3 is 2.41 bits per heavy atom. The van der Waals surface area contributed by atoms with Crippen molar-refractivity contribution in [1.82, 2.24) is 0 Å². The minimum atomic E-state index is -4.51. The van der Waals surface area contributed by atoms with Gasteiger partial charge in [0.05, 0.1) is 11.8 Å². The molecule has 1 amide bonds. The molecule has 1 fully saturated rings. The third kappa shape index (κ3) is 5.37. The Kier molecular flexibility index (Phi) is 7.37. The molecule has 0 aromatic heterocycles. The van der Waals surface area contributed by atoms with Crippen LogP contribution in [0.4, 0.5) is 28.9 Å². The molecule has 2 aromatic rings. The molecule has 0 saturated heterocycles. The molecule has 4 N–H and O–H groups in total. The van der Waals surface area contributed by atoms with Crippen molar-refractivity contribution in [2.75, 3.05) is 17.2 Å². The molecule has 4 atom stereocenters. The molecule has 206 valence electrons. The highest BCUT2D eigenvalue weighted by molar-refractivity contribution is 6.30. The molecule has 2 unspecified atom stereocenters. The van der Waals surface area contributed by atoms with E-state index in [1.807, 2.05) is 13.0 Å². The van der Waals surface area contributed by atoms with Crippen molar-refractivity contribution in [1.29, 1.82) is 0 Å². The quantitative estimate of drug-likeness (QED) is 0.261. The first-order chi connectivity index (χ1) is 18.5. The van der Waals surface area contributed by atoms with Crippen LogP contribution in [0.2, 0.25) is 5.02 Å². The highest BCUT2D eigenvalue weighted by atomic mass is 35.5. The first kappa shape index (κ1) is 27.5. The van der Waals surface area contributed by atoms with E-state index in [4.69, 9.17) is 17.3 Å². The van der Waals surface area contributed by atoms with Gasteiger partial charge in [0.15, 0.2) is 0 Å². The minimum Gasteiger partial charge on any atom is -0.356 e. The van der Waals surface area contributed by atoms with Gasteiger partial charge >= 0.3 is 6.18 Å². The number of fused-ring (bicyclic) bond motifs is 3. The first-order valence-corrected chi connectivity index (χ1v) is 13.4. The summed E-state index contributed by atoms with van der Waals surface area (Å²) in [6.45, 7) is 2.30. The van der Waals surface area contributed by atoms with Crippen LogP contribution in [0.1, 0.15) is 32.6 Å². The van der Waals surface area contributed by atoms with Gasteiger partial charge in [-0.25, -0.2) is 4.39 Å². The zero-order valence-electron chi connectivity index (χ0n) is 21.4. The van der Waals surface area contributed by atoms with E-state index in [1.54, 1.807) is 42.5 Å². The summed E-state index contributed by atoms with van der Waals surface area (Å²) >= 11 is 5.93. The van der Waals surface area contributed by atoms with Gasteiger partial charge in [-0.3, -0.25) is 4.79 Å². The van der Waals surface area contributed by atoms with E-state index in [1.165, 1.54) is 12.1 Å². The standard InChI is InChI=1S/C30H30ClF4N3O/c1-29-15-17(16-36)26(37-21-9-5-20(32)6-10-21)14-18(29)2-11-23-24(29)12-13-25(30(33,34)35)27(23)28(39)38-22-7-3-19(31)4-8-22/h3-10,12,14,23,25,27,37H,2,11,13,15-16,36H2,1H3,(H,38,39)/t23?,25-,27?,29+/m1/s1. The lowest BCUT2D eigenvalue weighted by molar-refractivity contribution is -0.196. The van der Waals surface area contributed by atoms with Crippen LogP contribution in [0.5, 0.6) is 0 Å². The van der Waals surface area contributed by atoms with E-state index < -0.39 is 35.3 Å². The number of rotatable bonds is 5. The predicted octanol–water partition coefficient (Wildman–Crippen LogP) is 7.61. The molecule has 0 aliphatic heterocycles. The summed E-state index contributed by atoms with van der Waals surface area (Å²) in [5, 5.41) is 6.51. The molecule has 5 rings (SSSR count). The largest absolute Gasteiger partial charge is 0.392 e. The number of benzene rings is 2. The van der Waals surface area contributed by atoms with Gasteiger partial charge in [-0.15, -0.1) is 0 Å². The summed E-state index contributed by atoms with van der Waals surface area (Å²) in [7, 11) is 0. The van der Waals surface area contributed by atoms with Crippen molar-refractivity contribution in [3.05, 3.63) is 93.9 Å². The van der Waals surface area contributed by atoms with Crippen molar-refractivity contribution < 1.29 is 22.4 Å². The summed E-state index contributed by atoms with van der Waals surface area (Å²) in [6, 6.07) is 12.4. The molecule has 4 nitrogen and oxygen atoms in total. The number of carbonyl (C=O) groups is 1. The molecular weight excluding hydrogens is 530 g/mol. The molecule has 9 heteroatoms. The molecule has 2 aromatic carbocycles. The fourth-order valence-electron chi connectivity index (χ4n) is 6.47. The lowest BCUT2D eigenvalue weighted by Gasteiger charge is -2.51. The van der Waals surface area contributed by atoms with Crippen LogP contribution in [-0.4, -0.2) is 18.6 Å². The second kappa shape index (κ2) is 10.5. The number of nitrogens with two attached hydrogens (primary N) is 1. The number of anilines is 2. The van der Waals surface area contributed by atoms with E-state index in [9.17, 15) is 22.4 Å². The molecule has 1 saturated carbocycles. The van der Waals surface area contributed by atoms with E-state index in [0.29, 0.717) is 30.0 Å². The number of alkyl halides is 3. The van der Waals surface area contributed by atoms with Gasteiger partial charge in [0.25, 0.3) is 0 Å². The molecular formula is C30H30ClF4N3O. The maximum atomic E-state index is 14.2. The van der Waals surface area contributed by atoms with Crippen LogP contribution >= 0.6 is 11.6 Å². The fraction of sp³-hybridized carbons (Fsp3) is 0.367. The van der Waals surface area contributed by atoms with Gasteiger partial charge in [0.2, 0.25) is 5.91 Å². The van der Waals surface area contributed by atoms with Crippen LogP contribution in [-0.2, 0) is 4.79 Å². The highest BCUT2D eigenvalue weighted by Gasteiger charge is 2.56. The molecule has 39 heavy (non-hydrogen) atoms. The molecule has 0 bridgehead atoms. The third-order valence-electron chi connectivity index (χ3n) is 8.40. The van der Waals surface area contributed by atoms with Gasteiger partial charge < -0.3 is 16.4 Å². The van der Waals surface area contributed by atoms with Crippen molar-refractivity contribution >= 4 is 28.9 Å². The van der Waals surface area contributed by atoms with E-state index in [-0.39, 0.29) is 18.8 Å². The minimum absolute atomic E-state index is 0.251. The van der Waals surface area contributed by atoms with Crippen LogP contribution in [0.15, 0.2) is 83.1 Å². The number of hydrogen-bond donors (Lipinski definition) is 3.